The Morgan fingerprint density at radius 2 is 1.72 bits per heavy atom. The molecule has 0 N–H and O–H groups in total. The summed E-state index contributed by atoms with van der Waals surface area (Å²) < 4.78 is 5.74. The molecule has 6 nitrogen and oxygen atoms in total. The van der Waals surface area contributed by atoms with Gasteiger partial charge in [0.1, 0.15) is 11.4 Å². The van der Waals surface area contributed by atoms with Crippen LogP contribution in [0.25, 0.3) is 5.57 Å². The molecule has 1 saturated heterocycles. The maximum atomic E-state index is 13.7. The van der Waals surface area contributed by atoms with Crippen LogP contribution < -0.4 is 9.64 Å². The summed E-state index contributed by atoms with van der Waals surface area (Å²) in [6.45, 7) is 4.58. The number of piperidine rings is 1. The molecule has 0 aliphatic carbocycles. The number of carbonyl (C=O) groups excluding carboxylic acids is 2. The Morgan fingerprint density at radius 3 is 2.41 bits per heavy atom. The number of benzene rings is 2. The molecule has 32 heavy (non-hydrogen) atoms. The minimum Gasteiger partial charge on any atom is -0.494 e. The van der Waals surface area contributed by atoms with Gasteiger partial charge in [-0.2, -0.15) is 0 Å². The number of hydrogen-bond donors (Lipinski definition) is 0. The first-order valence-electron chi connectivity index (χ1n) is 11.3. The molecule has 4 rings (SSSR count). The summed E-state index contributed by atoms with van der Waals surface area (Å²) >= 11 is 0. The van der Waals surface area contributed by atoms with Crippen molar-refractivity contribution in [2.24, 2.45) is 0 Å². The average molecular weight is 434 g/mol. The van der Waals surface area contributed by atoms with Crippen molar-refractivity contribution in [3.05, 3.63) is 65.9 Å². The number of likely N-dealkylation sites (N-methyl/N-ethyl adjacent to an activating group) is 1. The summed E-state index contributed by atoms with van der Waals surface area (Å²) in [6, 6.07) is 16.9. The molecule has 2 aliphatic rings. The summed E-state index contributed by atoms with van der Waals surface area (Å²) in [5.41, 5.74) is 2.25. The van der Waals surface area contributed by atoms with E-state index in [0.29, 0.717) is 29.3 Å². The van der Waals surface area contributed by atoms with E-state index in [1.165, 1.54) is 4.90 Å². The fourth-order valence-electron chi connectivity index (χ4n) is 4.44. The van der Waals surface area contributed by atoms with Crippen LogP contribution in [0, 0.1) is 0 Å². The molecule has 2 aromatic carbocycles. The van der Waals surface area contributed by atoms with Crippen LogP contribution in [0.1, 0.15) is 31.7 Å². The van der Waals surface area contributed by atoms with Crippen LogP contribution in [0.2, 0.25) is 0 Å². The molecule has 0 saturated carbocycles. The van der Waals surface area contributed by atoms with E-state index >= 15 is 0 Å². The Bertz CT molecular complexity index is 1010. The standard InChI is InChI=1S/C26H31N3O3/c1-4-17-32-22-12-8-11-21(18-22)29-25(30)23(19-9-6-5-7-10-19)24(26(29)31)28(3)20-13-15-27(2)16-14-20/h5-12,18,20H,4,13-17H2,1-3H3. The molecule has 0 atom stereocenters. The highest BCUT2D eigenvalue weighted by molar-refractivity contribution is 6.45. The Balaban J connectivity index is 1.72. The maximum absolute atomic E-state index is 13.7. The first-order valence-corrected chi connectivity index (χ1v) is 11.3. The molecule has 1 fully saturated rings. The molecule has 0 spiro atoms. The zero-order chi connectivity index (χ0) is 22.7. The van der Waals surface area contributed by atoms with Gasteiger partial charge in [-0.05, 0) is 57.1 Å². The summed E-state index contributed by atoms with van der Waals surface area (Å²) in [5, 5.41) is 0. The van der Waals surface area contributed by atoms with E-state index in [0.717, 1.165) is 37.9 Å². The molecule has 6 heteroatoms. The van der Waals surface area contributed by atoms with E-state index in [4.69, 9.17) is 4.74 Å². The average Bonchev–Trinajstić information content (AvgIpc) is 3.08. The van der Waals surface area contributed by atoms with Gasteiger partial charge >= 0.3 is 0 Å². The van der Waals surface area contributed by atoms with Crippen LogP contribution >= 0.6 is 0 Å². The number of amides is 2. The lowest BCUT2D eigenvalue weighted by Crippen LogP contribution is -2.43. The van der Waals surface area contributed by atoms with E-state index in [2.05, 4.69) is 11.9 Å². The monoisotopic (exact) mass is 433 g/mol. The van der Waals surface area contributed by atoms with Gasteiger partial charge in [-0.25, -0.2) is 4.90 Å². The highest BCUT2D eigenvalue weighted by atomic mass is 16.5. The van der Waals surface area contributed by atoms with Gasteiger partial charge in [-0.1, -0.05) is 43.3 Å². The van der Waals surface area contributed by atoms with Crippen molar-refractivity contribution in [3.8, 4) is 5.75 Å². The molecule has 0 bridgehead atoms. The number of imide groups is 1. The minimum atomic E-state index is -0.288. The van der Waals surface area contributed by atoms with Gasteiger partial charge < -0.3 is 14.5 Å². The molecular formula is C26H31N3O3. The Labute approximate surface area is 190 Å². The molecular weight excluding hydrogens is 402 g/mol. The summed E-state index contributed by atoms with van der Waals surface area (Å²) in [5.74, 6) is 0.0925. The summed E-state index contributed by atoms with van der Waals surface area (Å²) in [6.07, 6.45) is 2.80. The summed E-state index contributed by atoms with van der Waals surface area (Å²) in [7, 11) is 4.06. The number of hydrogen-bond acceptors (Lipinski definition) is 5. The van der Waals surface area contributed by atoms with Crippen molar-refractivity contribution in [1.82, 2.24) is 9.80 Å². The fraction of sp³-hybridized carbons (Fsp3) is 0.385. The molecule has 2 aromatic rings. The van der Waals surface area contributed by atoms with Gasteiger partial charge in [-0.3, -0.25) is 9.59 Å². The molecule has 168 valence electrons. The van der Waals surface area contributed by atoms with Crippen LogP contribution in [0.3, 0.4) is 0 Å². The third-order valence-electron chi connectivity index (χ3n) is 6.26. The quantitative estimate of drug-likeness (QED) is 0.622. The predicted octanol–water partition coefficient (Wildman–Crippen LogP) is 3.79. The van der Waals surface area contributed by atoms with E-state index in [-0.39, 0.29) is 17.9 Å². The molecule has 0 unspecified atom stereocenters. The van der Waals surface area contributed by atoms with Crippen molar-refractivity contribution in [3.63, 3.8) is 0 Å². The Hall–Kier alpha value is -3.12. The lowest BCUT2D eigenvalue weighted by Gasteiger charge is -2.36. The first-order chi connectivity index (χ1) is 15.5. The van der Waals surface area contributed by atoms with Crippen LogP contribution in [0.4, 0.5) is 5.69 Å². The van der Waals surface area contributed by atoms with Crippen molar-refractivity contribution in [2.75, 3.05) is 38.7 Å². The van der Waals surface area contributed by atoms with Crippen molar-refractivity contribution in [2.45, 2.75) is 32.2 Å². The second-order valence-corrected chi connectivity index (χ2v) is 8.53. The van der Waals surface area contributed by atoms with Gasteiger partial charge in [0.15, 0.2) is 0 Å². The van der Waals surface area contributed by atoms with E-state index < -0.39 is 0 Å². The van der Waals surface area contributed by atoms with Gasteiger partial charge in [0, 0.05) is 19.2 Å². The first kappa shape index (κ1) is 22.1. The Kier molecular flexibility index (Phi) is 6.61. The third-order valence-corrected chi connectivity index (χ3v) is 6.26. The fourth-order valence-corrected chi connectivity index (χ4v) is 4.44. The highest BCUT2D eigenvalue weighted by Gasteiger charge is 2.43. The smallest absolute Gasteiger partial charge is 0.282 e. The number of rotatable bonds is 7. The highest BCUT2D eigenvalue weighted by Crippen LogP contribution is 2.36. The zero-order valence-electron chi connectivity index (χ0n) is 19.1. The van der Waals surface area contributed by atoms with Crippen molar-refractivity contribution >= 4 is 23.1 Å². The molecule has 2 aliphatic heterocycles. The second kappa shape index (κ2) is 9.57. The Morgan fingerprint density at radius 1 is 1.00 bits per heavy atom. The minimum absolute atomic E-state index is 0.218. The lowest BCUT2D eigenvalue weighted by atomic mass is 10.0. The molecule has 2 amide bonds. The van der Waals surface area contributed by atoms with Gasteiger partial charge in [0.05, 0.1) is 17.9 Å². The maximum Gasteiger partial charge on any atom is 0.282 e. The van der Waals surface area contributed by atoms with Crippen LogP contribution in [0.5, 0.6) is 5.75 Å². The second-order valence-electron chi connectivity index (χ2n) is 8.53. The third kappa shape index (κ3) is 4.28. The number of ether oxygens (including phenoxy) is 1. The van der Waals surface area contributed by atoms with Gasteiger partial charge in [0.2, 0.25) is 0 Å². The largest absolute Gasteiger partial charge is 0.494 e. The SMILES string of the molecule is CCCOc1cccc(N2C(=O)C(c3ccccc3)=C(N(C)C3CCN(C)CC3)C2=O)c1. The van der Waals surface area contributed by atoms with Crippen LogP contribution in [-0.2, 0) is 9.59 Å². The molecule has 0 aromatic heterocycles. The van der Waals surface area contributed by atoms with Crippen LogP contribution in [-0.4, -0.2) is 61.4 Å². The number of carbonyl (C=O) groups is 2. The summed E-state index contributed by atoms with van der Waals surface area (Å²) in [4.78, 5) is 33.0. The topological polar surface area (TPSA) is 53.1 Å². The van der Waals surface area contributed by atoms with E-state index in [1.54, 1.807) is 12.1 Å². The van der Waals surface area contributed by atoms with E-state index in [1.807, 2.05) is 61.3 Å². The number of nitrogens with zero attached hydrogens (tertiary/aromatic N) is 3. The number of anilines is 1. The lowest BCUT2D eigenvalue weighted by molar-refractivity contribution is -0.120. The van der Waals surface area contributed by atoms with Crippen molar-refractivity contribution < 1.29 is 14.3 Å². The molecule has 2 heterocycles. The molecule has 0 radical (unpaired) electrons. The van der Waals surface area contributed by atoms with Gasteiger partial charge in [0.25, 0.3) is 11.8 Å². The normalized spacial score (nSPS) is 17.9. The van der Waals surface area contributed by atoms with Crippen molar-refractivity contribution in [1.29, 1.82) is 0 Å². The van der Waals surface area contributed by atoms with Crippen LogP contribution in [0.15, 0.2) is 60.3 Å². The number of likely N-dealkylation sites (tertiary alicyclic amines) is 1. The van der Waals surface area contributed by atoms with Gasteiger partial charge in [-0.15, -0.1) is 0 Å². The van der Waals surface area contributed by atoms with E-state index in [9.17, 15) is 9.59 Å². The predicted molar refractivity (Wildman–Crippen MR) is 126 cm³/mol. The zero-order valence-corrected chi connectivity index (χ0v) is 19.1.